The van der Waals surface area contributed by atoms with E-state index in [4.69, 9.17) is 9.15 Å². The number of amides is 2. The topological polar surface area (TPSA) is 88.9 Å². The highest BCUT2D eigenvalue weighted by Crippen LogP contribution is 2.40. The van der Waals surface area contributed by atoms with Crippen molar-refractivity contribution < 1.29 is 23.5 Å². The molecule has 1 aliphatic carbocycles. The fourth-order valence-corrected chi connectivity index (χ4v) is 5.31. The lowest BCUT2D eigenvalue weighted by atomic mass is 9.99. The van der Waals surface area contributed by atoms with Gasteiger partial charge >= 0.3 is 5.97 Å². The first-order valence-electron chi connectivity index (χ1n) is 10.4. The molecule has 0 bridgehead atoms. The molecule has 2 aromatic heterocycles. The minimum Gasteiger partial charge on any atom is -0.459 e. The van der Waals surface area contributed by atoms with E-state index in [1.54, 1.807) is 24.0 Å². The van der Waals surface area contributed by atoms with Gasteiger partial charge in [0.1, 0.15) is 5.00 Å². The lowest BCUT2D eigenvalue weighted by Crippen LogP contribution is -2.44. The molecule has 1 N–H and O–H groups in total. The first kappa shape index (κ1) is 20.7. The van der Waals surface area contributed by atoms with Gasteiger partial charge in [-0.2, -0.15) is 0 Å². The Kier molecular flexibility index (Phi) is 5.94. The minimum absolute atomic E-state index is 0.164. The Morgan fingerprint density at radius 2 is 2.03 bits per heavy atom. The molecule has 0 saturated carbocycles. The van der Waals surface area contributed by atoms with Crippen LogP contribution in [0.2, 0.25) is 0 Å². The summed E-state index contributed by atoms with van der Waals surface area (Å²) in [6, 6.07) is 3.20. The summed E-state index contributed by atoms with van der Waals surface area (Å²) < 4.78 is 10.7. The number of hydrogen-bond acceptors (Lipinski definition) is 6. The van der Waals surface area contributed by atoms with Gasteiger partial charge in [0.15, 0.2) is 11.9 Å². The van der Waals surface area contributed by atoms with E-state index in [0.717, 1.165) is 42.5 Å². The highest BCUT2D eigenvalue weighted by atomic mass is 32.1. The van der Waals surface area contributed by atoms with Crippen LogP contribution >= 0.6 is 11.3 Å². The number of anilines is 1. The molecule has 1 fully saturated rings. The molecule has 1 atom stereocenters. The van der Waals surface area contributed by atoms with E-state index in [1.807, 2.05) is 0 Å². The highest BCUT2D eigenvalue weighted by molar-refractivity contribution is 7.17. The average Bonchev–Trinajstić information content (AvgIpc) is 3.45. The number of esters is 1. The Morgan fingerprint density at radius 3 is 2.73 bits per heavy atom. The molecule has 0 spiro atoms. The van der Waals surface area contributed by atoms with Crippen molar-refractivity contribution in [2.45, 2.75) is 52.1 Å². The van der Waals surface area contributed by atoms with Crippen molar-refractivity contribution in [1.29, 1.82) is 0 Å². The van der Waals surface area contributed by atoms with Gasteiger partial charge in [0.25, 0.3) is 11.8 Å². The van der Waals surface area contributed by atoms with Gasteiger partial charge < -0.3 is 19.4 Å². The van der Waals surface area contributed by atoms with Gasteiger partial charge in [-0.25, -0.2) is 4.79 Å². The number of hydrogen-bond donors (Lipinski definition) is 1. The van der Waals surface area contributed by atoms with Gasteiger partial charge in [-0.1, -0.05) is 6.92 Å². The Bertz CT molecular complexity index is 941. The fraction of sp³-hybridized carbons (Fsp3) is 0.500. The Balaban J connectivity index is 1.49. The molecule has 0 radical (unpaired) electrons. The number of aryl methyl sites for hydroxylation is 1. The van der Waals surface area contributed by atoms with Gasteiger partial charge in [-0.15, -0.1) is 11.3 Å². The Labute approximate surface area is 179 Å². The van der Waals surface area contributed by atoms with E-state index in [9.17, 15) is 14.4 Å². The maximum Gasteiger partial charge on any atom is 0.342 e. The van der Waals surface area contributed by atoms with E-state index >= 15 is 0 Å². The third-order valence-corrected chi connectivity index (χ3v) is 7.03. The van der Waals surface area contributed by atoms with E-state index in [-0.39, 0.29) is 11.7 Å². The van der Waals surface area contributed by atoms with Gasteiger partial charge in [0.05, 0.1) is 11.8 Å². The second-order valence-electron chi connectivity index (χ2n) is 8.05. The number of likely N-dealkylation sites (tertiary alicyclic amines) is 1. The first-order chi connectivity index (χ1) is 14.4. The maximum absolute atomic E-state index is 13.0. The van der Waals surface area contributed by atoms with Crippen molar-refractivity contribution in [3.8, 4) is 0 Å². The molecule has 1 saturated heterocycles. The molecule has 2 amide bonds. The third-order valence-electron chi connectivity index (χ3n) is 5.82. The second-order valence-corrected chi connectivity index (χ2v) is 9.15. The fourth-order valence-electron chi connectivity index (χ4n) is 4.04. The molecule has 30 heavy (non-hydrogen) atoms. The monoisotopic (exact) mass is 430 g/mol. The summed E-state index contributed by atoms with van der Waals surface area (Å²) in [5.41, 5.74) is 1.30. The lowest BCUT2D eigenvalue weighted by molar-refractivity contribution is -0.141. The molecule has 3 heterocycles. The molecule has 0 unspecified atom stereocenters. The van der Waals surface area contributed by atoms with Crippen molar-refractivity contribution in [2.24, 2.45) is 5.92 Å². The summed E-state index contributed by atoms with van der Waals surface area (Å²) in [4.78, 5) is 41.1. The zero-order chi connectivity index (χ0) is 21.3. The number of rotatable bonds is 5. The number of ether oxygens (including phenoxy) is 1. The van der Waals surface area contributed by atoms with Crippen molar-refractivity contribution in [3.63, 3.8) is 0 Å². The predicted molar refractivity (Wildman–Crippen MR) is 113 cm³/mol. The summed E-state index contributed by atoms with van der Waals surface area (Å²) in [5, 5.41) is 3.24. The quantitative estimate of drug-likeness (QED) is 0.727. The van der Waals surface area contributed by atoms with Crippen LogP contribution in [0.25, 0.3) is 0 Å². The first-order valence-corrected chi connectivity index (χ1v) is 11.2. The molecule has 2 aromatic rings. The summed E-state index contributed by atoms with van der Waals surface area (Å²) in [6.07, 6.45) is 5.09. The maximum atomic E-state index is 13.0. The van der Waals surface area contributed by atoms with Crippen LogP contribution in [0, 0.1) is 5.92 Å². The third kappa shape index (κ3) is 4.14. The second kappa shape index (κ2) is 8.63. The van der Waals surface area contributed by atoms with Gasteiger partial charge in [-0.3, -0.25) is 9.59 Å². The standard InChI is InChI=1S/C22H26N2O5S/c1-13-8-10-24(11-9-13)21(26)14(2)29-22(27)18-15-5-3-7-17(15)30-20(18)23-19(25)16-6-4-12-28-16/h4,6,12-14H,3,5,7-11H2,1-2H3,(H,23,25)/t14-/m1/s1. The van der Waals surface area contributed by atoms with Gasteiger partial charge in [0, 0.05) is 18.0 Å². The number of carbonyl (C=O) groups is 3. The normalized spacial score (nSPS) is 17.5. The number of thiophene rings is 1. The largest absolute Gasteiger partial charge is 0.459 e. The summed E-state index contributed by atoms with van der Waals surface area (Å²) in [6.45, 7) is 5.19. The van der Waals surface area contributed by atoms with Crippen LogP contribution in [0.1, 0.15) is 64.5 Å². The number of fused-ring (bicyclic) bond motifs is 1. The molecule has 0 aromatic carbocycles. The van der Waals surface area contributed by atoms with Crippen LogP contribution < -0.4 is 5.32 Å². The SMILES string of the molecule is CC1CCN(C(=O)[C@@H](C)OC(=O)c2c(NC(=O)c3ccco3)sc3c2CCC3)CC1. The summed E-state index contributed by atoms with van der Waals surface area (Å²) >= 11 is 1.40. The van der Waals surface area contributed by atoms with Crippen molar-refractivity contribution >= 4 is 34.1 Å². The molecule has 8 heteroatoms. The molecule has 4 rings (SSSR count). The van der Waals surface area contributed by atoms with E-state index in [2.05, 4.69) is 12.2 Å². The lowest BCUT2D eigenvalue weighted by Gasteiger charge is -2.31. The minimum atomic E-state index is -0.864. The van der Waals surface area contributed by atoms with Crippen LogP contribution in [-0.4, -0.2) is 41.9 Å². The Morgan fingerprint density at radius 1 is 1.27 bits per heavy atom. The van der Waals surface area contributed by atoms with Gasteiger partial charge in [0.2, 0.25) is 0 Å². The van der Waals surface area contributed by atoms with E-state index < -0.39 is 18.0 Å². The van der Waals surface area contributed by atoms with Crippen LogP contribution in [0.15, 0.2) is 22.8 Å². The number of nitrogens with one attached hydrogen (secondary N) is 1. The van der Waals surface area contributed by atoms with Crippen LogP contribution in [0.5, 0.6) is 0 Å². The van der Waals surface area contributed by atoms with E-state index in [1.165, 1.54) is 17.6 Å². The highest BCUT2D eigenvalue weighted by Gasteiger charge is 2.32. The molecule has 160 valence electrons. The number of carbonyl (C=O) groups excluding carboxylic acids is 3. The average molecular weight is 431 g/mol. The van der Waals surface area contributed by atoms with Crippen LogP contribution in [0.4, 0.5) is 5.00 Å². The summed E-state index contributed by atoms with van der Waals surface area (Å²) in [5.74, 6) is -0.356. The number of piperidine rings is 1. The molecule has 7 nitrogen and oxygen atoms in total. The zero-order valence-corrected chi connectivity index (χ0v) is 18.0. The predicted octanol–water partition coefficient (Wildman–Crippen LogP) is 3.89. The molecular weight excluding hydrogens is 404 g/mol. The van der Waals surface area contributed by atoms with Crippen molar-refractivity contribution in [1.82, 2.24) is 4.90 Å². The van der Waals surface area contributed by atoms with E-state index in [0.29, 0.717) is 29.6 Å². The smallest absolute Gasteiger partial charge is 0.342 e. The van der Waals surface area contributed by atoms with Crippen molar-refractivity contribution in [2.75, 3.05) is 18.4 Å². The molecule has 1 aliphatic heterocycles. The molecular formula is C22H26N2O5S. The summed E-state index contributed by atoms with van der Waals surface area (Å²) in [7, 11) is 0. The molecule has 2 aliphatic rings. The number of furan rings is 1. The Hall–Kier alpha value is -2.61. The zero-order valence-electron chi connectivity index (χ0n) is 17.2. The van der Waals surface area contributed by atoms with Crippen LogP contribution in [0.3, 0.4) is 0 Å². The van der Waals surface area contributed by atoms with Crippen LogP contribution in [-0.2, 0) is 22.4 Å². The number of nitrogens with zero attached hydrogens (tertiary/aromatic N) is 1. The van der Waals surface area contributed by atoms with Crippen molar-refractivity contribution in [3.05, 3.63) is 40.2 Å². The van der Waals surface area contributed by atoms with Gasteiger partial charge in [-0.05, 0) is 62.6 Å².